The van der Waals surface area contributed by atoms with Crippen molar-refractivity contribution in [3.05, 3.63) is 135 Å². The van der Waals surface area contributed by atoms with E-state index < -0.39 is 44.9 Å². The van der Waals surface area contributed by atoms with E-state index in [4.69, 9.17) is 11.6 Å². The van der Waals surface area contributed by atoms with E-state index in [1.807, 2.05) is 51.1 Å². The van der Waals surface area contributed by atoms with Gasteiger partial charge in [-0.1, -0.05) is 78.3 Å². The van der Waals surface area contributed by atoms with E-state index in [-0.39, 0.29) is 29.2 Å². The first-order chi connectivity index (χ1) is 21.8. The number of nitro groups is 1. The molecule has 46 heavy (non-hydrogen) atoms. The minimum atomic E-state index is -4.34. The highest BCUT2D eigenvalue weighted by Gasteiger charge is 2.36. The molecule has 0 saturated heterocycles. The Morgan fingerprint density at radius 1 is 0.870 bits per heavy atom. The molecule has 0 bridgehead atoms. The van der Waals surface area contributed by atoms with Crippen LogP contribution in [0.3, 0.4) is 0 Å². The SMILES string of the molecule is CC(C)(C)NC(=O)[C@@H](Cc1ccccc1)N(Cc1ccccc1Cl)C(=O)CN(c1ccc([N+](=O)[O-])cc1)S(=O)(=O)c1ccccc1. The fourth-order valence-electron chi connectivity index (χ4n) is 4.81. The van der Waals surface area contributed by atoms with Gasteiger partial charge in [-0.2, -0.15) is 0 Å². The number of sulfonamides is 1. The quantitative estimate of drug-likeness (QED) is 0.146. The van der Waals surface area contributed by atoms with Crippen molar-refractivity contribution in [3.63, 3.8) is 0 Å². The Kier molecular flexibility index (Phi) is 10.8. The van der Waals surface area contributed by atoms with Crippen LogP contribution in [0.15, 0.2) is 114 Å². The summed E-state index contributed by atoms with van der Waals surface area (Å²) < 4.78 is 28.9. The smallest absolute Gasteiger partial charge is 0.269 e. The second-order valence-electron chi connectivity index (χ2n) is 11.7. The predicted molar refractivity (Wildman–Crippen MR) is 178 cm³/mol. The van der Waals surface area contributed by atoms with Crippen LogP contribution < -0.4 is 9.62 Å². The van der Waals surface area contributed by atoms with E-state index in [1.54, 1.807) is 42.5 Å². The lowest BCUT2D eigenvalue weighted by atomic mass is 10.0. The zero-order valence-electron chi connectivity index (χ0n) is 25.7. The summed E-state index contributed by atoms with van der Waals surface area (Å²) in [5.41, 5.74) is 0.519. The topological polar surface area (TPSA) is 130 Å². The molecule has 4 aromatic carbocycles. The summed E-state index contributed by atoms with van der Waals surface area (Å²) in [5, 5.41) is 14.7. The van der Waals surface area contributed by atoms with E-state index in [9.17, 15) is 28.1 Å². The fourth-order valence-corrected chi connectivity index (χ4v) is 6.44. The van der Waals surface area contributed by atoms with Gasteiger partial charge < -0.3 is 10.2 Å². The Morgan fingerprint density at radius 3 is 2.00 bits per heavy atom. The largest absolute Gasteiger partial charge is 0.350 e. The first-order valence-corrected chi connectivity index (χ1v) is 16.3. The van der Waals surface area contributed by atoms with Gasteiger partial charge in [-0.25, -0.2) is 8.42 Å². The van der Waals surface area contributed by atoms with Crippen molar-refractivity contribution in [1.82, 2.24) is 10.2 Å². The van der Waals surface area contributed by atoms with Crippen LogP contribution in [0.5, 0.6) is 0 Å². The lowest BCUT2D eigenvalue weighted by Gasteiger charge is -2.35. The van der Waals surface area contributed by atoms with Crippen LogP contribution in [0.25, 0.3) is 0 Å². The number of hydrogen-bond donors (Lipinski definition) is 1. The number of benzene rings is 4. The molecule has 1 atom stereocenters. The van der Waals surface area contributed by atoms with E-state index in [0.717, 1.165) is 9.87 Å². The zero-order chi connectivity index (χ0) is 33.5. The number of carbonyl (C=O) groups excluding carboxylic acids is 2. The lowest BCUT2D eigenvalue weighted by molar-refractivity contribution is -0.384. The average molecular weight is 663 g/mol. The molecule has 0 unspecified atom stereocenters. The first-order valence-electron chi connectivity index (χ1n) is 14.5. The second-order valence-corrected chi connectivity index (χ2v) is 13.9. The van der Waals surface area contributed by atoms with Gasteiger partial charge in [0.2, 0.25) is 11.8 Å². The predicted octanol–water partition coefficient (Wildman–Crippen LogP) is 6.00. The van der Waals surface area contributed by atoms with Crippen molar-refractivity contribution in [2.75, 3.05) is 10.8 Å². The first kappa shape index (κ1) is 34.1. The number of hydrogen-bond acceptors (Lipinski definition) is 6. The standard InChI is InChI=1S/C34H35ClN4O6S/c1-34(2,3)36-33(41)31(22-25-12-6-4-7-13-25)37(23-26-14-10-11-17-30(26)35)32(40)24-38(27-18-20-28(21-19-27)39(42)43)46(44,45)29-15-8-5-9-16-29/h4-21,31H,22-24H2,1-3H3,(H,36,41)/t31-/m1/s1. The number of non-ortho nitro benzene ring substituents is 1. The molecule has 0 aromatic heterocycles. The monoisotopic (exact) mass is 662 g/mol. The average Bonchev–Trinajstić information content (AvgIpc) is 3.02. The summed E-state index contributed by atoms with van der Waals surface area (Å²) in [5.74, 6) is -1.10. The molecule has 4 aromatic rings. The number of rotatable bonds is 12. The van der Waals surface area contributed by atoms with Gasteiger partial charge in [0.05, 0.1) is 15.5 Å². The van der Waals surface area contributed by atoms with Gasteiger partial charge in [0.15, 0.2) is 0 Å². The number of amides is 2. The summed E-state index contributed by atoms with van der Waals surface area (Å²) in [6, 6.07) is 27.5. The van der Waals surface area contributed by atoms with Crippen LogP contribution in [0.4, 0.5) is 11.4 Å². The molecule has 1 N–H and O–H groups in total. The molecule has 0 spiro atoms. The van der Waals surface area contributed by atoms with Gasteiger partial charge in [0.1, 0.15) is 12.6 Å². The molecule has 10 nitrogen and oxygen atoms in total. The van der Waals surface area contributed by atoms with Crippen LogP contribution in [0.1, 0.15) is 31.9 Å². The van der Waals surface area contributed by atoms with Crippen LogP contribution >= 0.6 is 11.6 Å². The van der Waals surface area contributed by atoms with Gasteiger partial charge in [0.25, 0.3) is 15.7 Å². The molecule has 240 valence electrons. The Morgan fingerprint density at radius 2 is 1.43 bits per heavy atom. The number of nitrogens with zero attached hydrogens (tertiary/aromatic N) is 3. The van der Waals surface area contributed by atoms with Gasteiger partial charge >= 0.3 is 0 Å². The molecule has 0 fully saturated rings. The zero-order valence-corrected chi connectivity index (χ0v) is 27.2. The van der Waals surface area contributed by atoms with Gasteiger partial charge in [-0.3, -0.25) is 24.0 Å². The van der Waals surface area contributed by atoms with Gasteiger partial charge in [-0.05, 0) is 62.2 Å². The van der Waals surface area contributed by atoms with Crippen LogP contribution in [0, 0.1) is 10.1 Å². The molecular weight excluding hydrogens is 628 g/mol. The summed E-state index contributed by atoms with van der Waals surface area (Å²) in [4.78, 5) is 40.4. The lowest BCUT2D eigenvalue weighted by Crippen LogP contribution is -2.56. The molecule has 4 rings (SSSR count). The summed E-state index contributed by atoms with van der Waals surface area (Å²) >= 11 is 6.52. The van der Waals surface area contributed by atoms with E-state index in [0.29, 0.717) is 10.6 Å². The molecule has 12 heteroatoms. The Hall–Kier alpha value is -4.74. The molecule has 0 aliphatic carbocycles. The summed E-state index contributed by atoms with van der Waals surface area (Å²) in [6.45, 7) is 4.69. The minimum Gasteiger partial charge on any atom is -0.350 e. The number of anilines is 1. The molecule has 0 aliphatic heterocycles. The summed E-state index contributed by atoms with van der Waals surface area (Å²) in [7, 11) is -4.34. The Balaban J connectivity index is 1.83. The van der Waals surface area contributed by atoms with Crippen molar-refractivity contribution in [3.8, 4) is 0 Å². The molecule has 0 aliphatic rings. The third-order valence-corrected chi connectivity index (χ3v) is 9.18. The highest BCUT2D eigenvalue weighted by Crippen LogP contribution is 2.27. The molecule has 0 saturated carbocycles. The third-order valence-electron chi connectivity index (χ3n) is 7.03. The van der Waals surface area contributed by atoms with Crippen molar-refractivity contribution >= 4 is 44.8 Å². The minimum absolute atomic E-state index is 0.0410. The Bertz CT molecular complexity index is 1780. The van der Waals surface area contributed by atoms with Crippen LogP contribution in [0.2, 0.25) is 5.02 Å². The summed E-state index contributed by atoms with van der Waals surface area (Å²) in [6.07, 6.45) is 0.141. The van der Waals surface area contributed by atoms with Gasteiger partial charge in [0, 0.05) is 35.7 Å². The third kappa shape index (κ3) is 8.70. The number of nitro benzene ring substituents is 1. The fraction of sp³-hybridized carbons (Fsp3) is 0.235. The van der Waals surface area contributed by atoms with E-state index >= 15 is 0 Å². The van der Waals surface area contributed by atoms with Crippen molar-refractivity contribution in [2.45, 2.75) is 50.2 Å². The van der Waals surface area contributed by atoms with E-state index in [1.165, 1.54) is 41.3 Å². The normalized spacial score (nSPS) is 12.2. The number of nitrogens with one attached hydrogen (secondary N) is 1. The molecular formula is C34H35ClN4O6S. The maximum atomic E-state index is 14.5. The molecule has 2 amide bonds. The molecule has 0 radical (unpaired) electrons. The maximum Gasteiger partial charge on any atom is 0.269 e. The highest BCUT2D eigenvalue weighted by molar-refractivity contribution is 7.92. The van der Waals surface area contributed by atoms with Crippen molar-refractivity contribution in [2.24, 2.45) is 0 Å². The number of carbonyl (C=O) groups is 2. The maximum absolute atomic E-state index is 14.5. The van der Waals surface area contributed by atoms with Crippen molar-refractivity contribution in [1.29, 1.82) is 0 Å². The number of halogens is 1. The van der Waals surface area contributed by atoms with Crippen LogP contribution in [-0.4, -0.2) is 48.2 Å². The Labute approximate surface area is 273 Å². The molecule has 0 heterocycles. The second kappa shape index (κ2) is 14.6. The van der Waals surface area contributed by atoms with Crippen molar-refractivity contribution < 1.29 is 22.9 Å². The van der Waals surface area contributed by atoms with E-state index in [2.05, 4.69) is 5.32 Å². The van der Waals surface area contributed by atoms with Gasteiger partial charge in [-0.15, -0.1) is 0 Å². The highest BCUT2D eigenvalue weighted by atomic mass is 35.5. The van der Waals surface area contributed by atoms with Crippen LogP contribution in [-0.2, 0) is 32.6 Å².